The van der Waals surface area contributed by atoms with Gasteiger partial charge in [-0.2, -0.15) is 0 Å². The van der Waals surface area contributed by atoms with Gasteiger partial charge in [-0.15, -0.1) is 11.3 Å². The van der Waals surface area contributed by atoms with Crippen LogP contribution in [-0.2, 0) is 9.47 Å². The molecule has 4 rings (SSSR count). The summed E-state index contributed by atoms with van der Waals surface area (Å²) in [5, 5.41) is 4.17. The van der Waals surface area contributed by atoms with E-state index >= 15 is 0 Å². The predicted molar refractivity (Wildman–Crippen MR) is 125 cm³/mol. The second kappa shape index (κ2) is 9.68. The number of thiophene rings is 1. The van der Waals surface area contributed by atoms with Gasteiger partial charge in [0, 0.05) is 28.9 Å². The molecule has 3 aromatic rings. The molecule has 0 atom stereocenters. The number of fused-ring (bicyclic) bond motifs is 1. The highest BCUT2D eigenvalue weighted by atomic mass is 35.5. The quantitative estimate of drug-likeness (QED) is 0.513. The van der Waals surface area contributed by atoms with E-state index in [0.29, 0.717) is 54.1 Å². The van der Waals surface area contributed by atoms with Gasteiger partial charge in [-0.25, -0.2) is 4.79 Å². The van der Waals surface area contributed by atoms with Crippen LogP contribution in [0.15, 0.2) is 42.5 Å². The molecule has 0 saturated carbocycles. The van der Waals surface area contributed by atoms with E-state index < -0.39 is 5.97 Å². The number of ether oxygens (including phenoxy) is 2. The maximum atomic E-state index is 12.9. The van der Waals surface area contributed by atoms with Gasteiger partial charge in [-0.05, 0) is 30.7 Å². The van der Waals surface area contributed by atoms with Gasteiger partial charge in [0.05, 0.1) is 36.1 Å². The minimum absolute atomic E-state index is 0.307. The van der Waals surface area contributed by atoms with Crippen molar-refractivity contribution in [3.05, 3.63) is 57.9 Å². The molecule has 1 fully saturated rings. The van der Waals surface area contributed by atoms with Crippen LogP contribution in [0.4, 0.5) is 11.4 Å². The first kappa shape index (κ1) is 21.6. The molecule has 31 heavy (non-hydrogen) atoms. The Morgan fingerprint density at radius 1 is 1.19 bits per heavy atom. The lowest BCUT2D eigenvalue weighted by molar-refractivity contribution is 0.0504. The maximum absolute atomic E-state index is 12.9. The summed E-state index contributed by atoms with van der Waals surface area (Å²) in [6.45, 7) is 4.88. The Kier molecular flexibility index (Phi) is 6.75. The van der Waals surface area contributed by atoms with Gasteiger partial charge in [0.25, 0.3) is 5.91 Å². The number of nitrogens with one attached hydrogen (secondary N) is 1. The number of anilines is 2. The van der Waals surface area contributed by atoms with E-state index in [1.165, 1.54) is 11.3 Å². The molecule has 2 heterocycles. The number of hydrogen-bond acceptors (Lipinski definition) is 6. The number of esters is 1. The molecule has 0 radical (unpaired) electrons. The average molecular weight is 459 g/mol. The minimum atomic E-state index is -0.403. The van der Waals surface area contributed by atoms with E-state index in [9.17, 15) is 9.59 Å². The lowest BCUT2D eigenvalue weighted by atomic mass is 10.1. The molecule has 8 heteroatoms. The summed E-state index contributed by atoms with van der Waals surface area (Å²) >= 11 is 7.78. The van der Waals surface area contributed by atoms with E-state index in [-0.39, 0.29) is 5.91 Å². The molecule has 162 valence electrons. The average Bonchev–Trinajstić information content (AvgIpc) is 3.15. The second-order valence-electron chi connectivity index (χ2n) is 7.16. The maximum Gasteiger partial charge on any atom is 0.340 e. The molecule has 0 bridgehead atoms. The topological polar surface area (TPSA) is 67.9 Å². The number of amides is 1. The van der Waals surface area contributed by atoms with Gasteiger partial charge in [0.2, 0.25) is 0 Å². The van der Waals surface area contributed by atoms with Crippen molar-refractivity contribution in [2.24, 2.45) is 0 Å². The van der Waals surface area contributed by atoms with Crippen LogP contribution in [0.1, 0.15) is 33.4 Å². The summed E-state index contributed by atoms with van der Waals surface area (Å²) in [4.78, 5) is 28.2. The fraction of sp³-hybridized carbons (Fsp3) is 0.304. The SMILES string of the molecule is CCCOC(=O)c1cc(NC(=O)c2sc3ccccc3c2Cl)ccc1N1CCOCC1. The van der Waals surface area contributed by atoms with Crippen molar-refractivity contribution in [1.82, 2.24) is 0 Å². The number of carbonyl (C=O) groups excluding carboxylic acids is 2. The smallest absolute Gasteiger partial charge is 0.340 e. The molecule has 6 nitrogen and oxygen atoms in total. The van der Waals surface area contributed by atoms with E-state index in [1.54, 1.807) is 12.1 Å². The molecule has 2 aromatic carbocycles. The van der Waals surface area contributed by atoms with E-state index in [4.69, 9.17) is 21.1 Å². The van der Waals surface area contributed by atoms with Crippen LogP contribution in [0.3, 0.4) is 0 Å². The molecule has 1 N–H and O–H groups in total. The summed E-state index contributed by atoms with van der Waals surface area (Å²) in [6, 6.07) is 12.9. The third-order valence-electron chi connectivity index (χ3n) is 5.00. The van der Waals surface area contributed by atoms with Gasteiger partial charge < -0.3 is 19.7 Å². The van der Waals surface area contributed by atoms with Crippen LogP contribution in [0, 0.1) is 0 Å². The van der Waals surface area contributed by atoms with Gasteiger partial charge in [0.15, 0.2) is 0 Å². The summed E-state index contributed by atoms with van der Waals surface area (Å²) in [5.74, 6) is -0.711. The number of hydrogen-bond donors (Lipinski definition) is 1. The summed E-state index contributed by atoms with van der Waals surface area (Å²) < 4.78 is 11.8. The van der Waals surface area contributed by atoms with Crippen molar-refractivity contribution in [2.75, 3.05) is 43.1 Å². The number of carbonyl (C=O) groups is 2. The Hall–Kier alpha value is -2.61. The minimum Gasteiger partial charge on any atom is -0.462 e. The third kappa shape index (κ3) is 4.69. The fourth-order valence-corrected chi connectivity index (χ4v) is 4.89. The molecular formula is C23H23ClN2O4S. The number of rotatable bonds is 6. The fourth-order valence-electron chi connectivity index (χ4n) is 3.48. The van der Waals surface area contributed by atoms with Gasteiger partial charge >= 0.3 is 5.97 Å². The van der Waals surface area contributed by atoms with Gasteiger partial charge in [0.1, 0.15) is 4.88 Å². The van der Waals surface area contributed by atoms with Crippen molar-refractivity contribution in [1.29, 1.82) is 0 Å². The van der Waals surface area contributed by atoms with Crippen molar-refractivity contribution < 1.29 is 19.1 Å². The molecule has 1 aliphatic heterocycles. The number of nitrogens with zero attached hydrogens (tertiary/aromatic N) is 1. The zero-order chi connectivity index (χ0) is 21.8. The first-order valence-electron chi connectivity index (χ1n) is 10.2. The second-order valence-corrected chi connectivity index (χ2v) is 8.59. The Morgan fingerprint density at radius 3 is 2.71 bits per heavy atom. The Labute approximate surface area is 189 Å². The van der Waals surface area contributed by atoms with E-state index in [2.05, 4.69) is 10.2 Å². The van der Waals surface area contributed by atoms with Crippen molar-refractivity contribution in [3.8, 4) is 0 Å². The van der Waals surface area contributed by atoms with Crippen LogP contribution < -0.4 is 10.2 Å². The van der Waals surface area contributed by atoms with Crippen LogP contribution in [0.25, 0.3) is 10.1 Å². The molecule has 0 aliphatic carbocycles. The van der Waals surface area contributed by atoms with Crippen LogP contribution >= 0.6 is 22.9 Å². The Morgan fingerprint density at radius 2 is 1.97 bits per heavy atom. The summed E-state index contributed by atoms with van der Waals surface area (Å²) in [6.07, 6.45) is 0.736. The highest BCUT2D eigenvalue weighted by molar-refractivity contribution is 7.21. The lowest BCUT2D eigenvalue weighted by Crippen LogP contribution is -2.37. The number of halogens is 1. The molecule has 1 aromatic heterocycles. The predicted octanol–water partition coefficient (Wildman–Crippen LogP) is 5.21. The number of morpholine rings is 1. The highest BCUT2D eigenvalue weighted by Gasteiger charge is 2.22. The molecular weight excluding hydrogens is 436 g/mol. The summed E-state index contributed by atoms with van der Waals surface area (Å²) in [7, 11) is 0. The zero-order valence-corrected chi connectivity index (χ0v) is 18.7. The van der Waals surface area contributed by atoms with Crippen molar-refractivity contribution in [2.45, 2.75) is 13.3 Å². The van der Waals surface area contributed by atoms with Crippen molar-refractivity contribution in [3.63, 3.8) is 0 Å². The normalized spacial score (nSPS) is 13.9. The monoisotopic (exact) mass is 458 g/mol. The van der Waals surface area contributed by atoms with E-state index in [1.807, 2.05) is 37.3 Å². The molecule has 1 saturated heterocycles. The first-order valence-corrected chi connectivity index (χ1v) is 11.4. The number of benzene rings is 2. The van der Waals surface area contributed by atoms with Crippen LogP contribution in [0.5, 0.6) is 0 Å². The third-order valence-corrected chi connectivity index (χ3v) is 6.68. The Bertz CT molecular complexity index is 1110. The Balaban J connectivity index is 1.62. The van der Waals surface area contributed by atoms with E-state index in [0.717, 1.165) is 22.2 Å². The lowest BCUT2D eigenvalue weighted by Gasteiger charge is -2.30. The van der Waals surface area contributed by atoms with Gasteiger partial charge in [-0.1, -0.05) is 36.7 Å². The van der Waals surface area contributed by atoms with Gasteiger partial charge in [-0.3, -0.25) is 4.79 Å². The first-order chi connectivity index (χ1) is 15.1. The van der Waals surface area contributed by atoms with Crippen molar-refractivity contribution >= 4 is 56.3 Å². The highest BCUT2D eigenvalue weighted by Crippen LogP contribution is 2.36. The molecule has 0 spiro atoms. The standard InChI is InChI=1S/C23H23ClN2O4S/c1-2-11-30-23(28)17-14-15(7-8-18(17)26-9-12-29-13-10-26)25-22(27)21-20(24)16-5-3-4-6-19(16)31-21/h3-8,14H,2,9-13H2,1H3,(H,25,27). The zero-order valence-electron chi connectivity index (χ0n) is 17.2. The molecule has 1 amide bonds. The summed E-state index contributed by atoms with van der Waals surface area (Å²) in [5.41, 5.74) is 1.72. The van der Waals surface area contributed by atoms with Crippen LogP contribution in [-0.4, -0.2) is 44.8 Å². The molecule has 1 aliphatic rings. The van der Waals surface area contributed by atoms with Crippen LogP contribution in [0.2, 0.25) is 5.02 Å². The molecule has 0 unspecified atom stereocenters. The largest absolute Gasteiger partial charge is 0.462 e.